The zero-order chi connectivity index (χ0) is 15.6. The van der Waals surface area contributed by atoms with E-state index in [0.717, 1.165) is 21.0 Å². The van der Waals surface area contributed by atoms with E-state index in [1.54, 1.807) is 29.7 Å². The van der Waals surface area contributed by atoms with Crippen LogP contribution in [0, 0.1) is 0 Å². The predicted octanol–water partition coefficient (Wildman–Crippen LogP) is 3.99. The van der Waals surface area contributed by atoms with Gasteiger partial charge in [-0.3, -0.25) is 4.79 Å². The molecule has 0 radical (unpaired) electrons. The highest BCUT2D eigenvalue weighted by Gasteiger charge is 2.03. The molecule has 2 aromatic rings. The number of hydrogen-bond donors (Lipinski definition) is 1. The second kappa shape index (κ2) is 9.92. The molecule has 116 valence electrons. The number of rotatable bonds is 8. The third-order valence-electron chi connectivity index (χ3n) is 2.76. The van der Waals surface area contributed by atoms with Crippen LogP contribution in [0.2, 0.25) is 0 Å². The Hall–Kier alpha value is -0.980. The molecule has 22 heavy (non-hydrogen) atoms. The summed E-state index contributed by atoms with van der Waals surface area (Å²) in [7, 11) is 0. The minimum Gasteiger partial charge on any atom is -0.355 e. The van der Waals surface area contributed by atoms with Gasteiger partial charge in [-0.1, -0.05) is 40.2 Å². The number of thioether (sulfide) groups is 2. The molecular formula is C16H17BrN2OS2. The molecule has 3 nitrogen and oxygen atoms in total. The molecule has 1 heterocycles. The summed E-state index contributed by atoms with van der Waals surface area (Å²) >= 11 is 6.78. The number of nitrogens with one attached hydrogen (secondary N) is 1. The lowest BCUT2D eigenvalue weighted by molar-refractivity contribution is -0.118. The first kappa shape index (κ1) is 17.4. The maximum absolute atomic E-state index is 11.8. The van der Waals surface area contributed by atoms with Crippen molar-refractivity contribution >= 4 is 45.4 Å². The summed E-state index contributed by atoms with van der Waals surface area (Å²) in [4.78, 5) is 16.0. The Bertz CT molecular complexity index is 596. The molecule has 0 fully saturated rings. The number of hydrogen-bond acceptors (Lipinski definition) is 4. The molecule has 1 amide bonds. The van der Waals surface area contributed by atoms with Gasteiger partial charge in [-0.15, -0.1) is 23.5 Å². The minimum atomic E-state index is 0.0821. The van der Waals surface area contributed by atoms with Crippen LogP contribution in [0.4, 0.5) is 0 Å². The molecule has 0 bridgehead atoms. The van der Waals surface area contributed by atoms with Gasteiger partial charge in [0.05, 0.1) is 10.8 Å². The molecule has 0 unspecified atom stereocenters. The van der Waals surface area contributed by atoms with Crippen LogP contribution in [0.25, 0.3) is 0 Å². The monoisotopic (exact) mass is 396 g/mol. The molecule has 1 aromatic heterocycles. The second-order valence-electron chi connectivity index (χ2n) is 4.45. The lowest BCUT2D eigenvalue weighted by Gasteiger charge is -2.06. The van der Waals surface area contributed by atoms with Gasteiger partial charge in [0.2, 0.25) is 5.91 Å². The van der Waals surface area contributed by atoms with Crippen molar-refractivity contribution in [3.63, 3.8) is 0 Å². The normalized spacial score (nSPS) is 10.4. The standard InChI is InChI=1S/C16H17BrN2OS2/c17-14-6-2-1-5-13(14)11-21-12-15(20)18-9-10-22-16-7-3-4-8-19-16/h1-8H,9-12H2,(H,18,20). The van der Waals surface area contributed by atoms with Gasteiger partial charge in [0.1, 0.15) is 0 Å². The number of aromatic nitrogens is 1. The Balaban J connectivity index is 1.57. The molecule has 0 atom stereocenters. The number of carbonyl (C=O) groups excluding carboxylic acids is 1. The van der Waals surface area contributed by atoms with E-state index in [9.17, 15) is 4.79 Å². The van der Waals surface area contributed by atoms with Crippen LogP contribution in [0.3, 0.4) is 0 Å². The van der Waals surface area contributed by atoms with Crippen LogP contribution in [0.5, 0.6) is 0 Å². The Morgan fingerprint density at radius 2 is 2.00 bits per heavy atom. The van der Waals surface area contributed by atoms with Crippen molar-refractivity contribution in [2.45, 2.75) is 10.8 Å². The summed E-state index contributed by atoms with van der Waals surface area (Å²) in [5.74, 6) is 2.23. The summed E-state index contributed by atoms with van der Waals surface area (Å²) in [6.07, 6.45) is 1.78. The maximum Gasteiger partial charge on any atom is 0.230 e. The molecule has 0 saturated carbocycles. The quantitative estimate of drug-likeness (QED) is 0.540. The highest BCUT2D eigenvalue weighted by atomic mass is 79.9. The van der Waals surface area contributed by atoms with Gasteiger partial charge in [0.25, 0.3) is 0 Å². The van der Waals surface area contributed by atoms with Crippen LogP contribution in [-0.2, 0) is 10.5 Å². The lowest BCUT2D eigenvalue weighted by atomic mass is 10.2. The fourth-order valence-electron chi connectivity index (χ4n) is 1.70. The number of halogens is 1. The van der Waals surface area contributed by atoms with Crippen LogP contribution >= 0.6 is 39.5 Å². The summed E-state index contributed by atoms with van der Waals surface area (Å²) < 4.78 is 1.09. The van der Waals surface area contributed by atoms with E-state index in [-0.39, 0.29) is 5.91 Å². The largest absolute Gasteiger partial charge is 0.355 e. The van der Waals surface area contributed by atoms with Crippen LogP contribution in [-0.4, -0.2) is 28.9 Å². The van der Waals surface area contributed by atoms with Gasteiger partial charge in [-0.2, -0.15) is 0 Å². The Kier molecular flexibility index (Phi) is 7.83. The van der Waals surface area contributed by atoms with Gasteiger partial charge in [0, 0.05) is 28.7 Å². The Morgan fingerprint density at radius 3 is 2.77 bits per heavy atom. The number of pyridine rings is 1. The van der Waals surface area contributed by atoms with Crippen molar-refractivity contribution in [2.75, 3.05) is 18.1 Å². The SMILES string of the molecule is O=C(CSCc1ccccc1Br)NCCSc1ccccn1. The topological polar surface area (TPSA) is 42.0 Å². The molecule has 1 aromatic carbocycles. The van der Waals surface area contributed by atoms with Crippen LogP contribution in [0.15, 0.2) is 58.2 Å². The third kappa shape index (κ3) is 6.42. The third-order valence-corrected chi connectivity index (χ3v) is 5.46. The molecule has 0 aliphatic carbocycles. The molecule has 2 rings (SSSR count). The molecule has 6 heteroatoms. The second-order valence-corrected chi connectivity index (χ2v) is 7.41. The summed E-state index contributed by atoms with van der Waals surface area (Å²) in [5.41, 5.74) is 1.21. The van der Waals surface area contributed by atoms with E-state index in [4.69, 9.17) is 0 Å². The molecule has 0 spiro atoms. The predicted molar refractivity (Wildman–Crippen MR) is 98.3 cm³/mol. The van der Waals surface area contributed by atoms with Crippen LogP contribution in [0.1, 0.15) is 5.56 Å². The zero-order valence-electron chi connectivity index (χ0n) is 12.0. The summed E-state index contributed by atoms with van der Waals surface area (Å²) in [5, 5.41) is 3.92. The first-order valence-corrected chi connectivity index (χ1v) is 9.81. The molecular weight excluding hydrogens is 380 g/mol. The highest BCUT2D eigenvalue weighted by molar-refractivity contribution is 9.10. The average molecular weight is 397 g/mol. The number of nitrogens with zero attached hydrogens (tertiary/aromatic N) is 1. The van der Waals surface area contributed by atoms with Gasteiger partial charge in [-0.05, 0) is 23.8 Å². The van der Waals surface area contributed by atoms with E-state index in [0.29, 0.717) is 12.3 Å². The van der Waals surface area contributed by atoms with Gasteiger partial charge < -0.3 is 5.32 Å². The lowest BCUT2D eigenvalue weighted by Crippen LogP contribution is -2.27. The van der Waals surface area contributed by atoms with Gasteiger partial charge in [0.15, 0.2) is 0 Å². The zero-order valence-corrected chi connectivity index (χ0v) is 15.2. The Morgan fingerprint density at radius 1 is 1.18 bits per heavy atom. The van der Waals surface area contributed by atoms with E-state index >= 15 is 0 Å². The number of amides is 1. The minimum absolute atomic E-state index is 0.0821. The first-order chi connectivity index (χ1) is 10.8. The smallest absolute Gasteiger partial charge is 0.230 e. The van der Waals surface area contributed by atoms with E-state index in [1.165, 1.54) is 5.56 Å². The van der Waals surface area contributed by atoms with E-state index in [1.807, 2.05) is 36.4 Å². The van der Waals surface area contributed by atoms with Crippen molar-refractivity contribution in [2.24, 2.45) is 0 Å². The summed E-state index contributed by atoms with van der Waals surface area (Å²) in [6, 6.07) is 13.9. The van der Waals surface area contributed by atoms with Crippen molar-refractivity contribution in [3.05, 3.63) is 58.7 Å². The maximum atomic E-state index is 11.8. The van der Waals surface area contributed by atoms with Crippen molar-refractivity contribution in [3.8, 4) is 0 Å². The first-order valence-electron chi connectivity index (χ1n) is 6.87. The van der Waals surface area contributed by atoms with Gasteiger partial charge in [-0.25, -0.2) is 4.98 Å². The fourth-order valence-corrected chi connectivity index (χ4v) is 3.89. The fraction of sp³-hybridized carbons (Fsp3) is 0.250. The van der Waals surface area contributed by atoms with Crippen molar-refractivity contribution in [1.29, 1.82) is 0 Å². The molecule has 0 saturated heterocycles. The highest BCUT2D eigenvalue weighted by Crippen LogP contribution is 2.21. The summed E-state index contributed by atoms with van der Waals surface area (Å²) in [6.45, 7) is 0.662. The molecule has 0 aliphatic heterocycles. The van der Waals surface area contributed by atoms with E-state index < -0.39 is 0 Å². The van der Waals surface area contributed by atoms with Crippen molar-refractivity contribution in [1.82, 2.24) is 10.3 Å². The van der Waals surface area contributed by atoms with Gasteiger partial charge >= 0.3 is 0 Å². The number of carbonyl (C=O) groups is 1. The molecule has 1 N–H and O–H groups in total. The molecule has 0 aliphatic rings. The van der Waals surface area contributed by atoms with Crippen LogP contribution < -0.4 is 5.32 Å². The average Bonchev–Trinajstić information content (AvgIpc) is 2.54. The Labute approximate surface area is 147 Å². The van der Waals surface area contributed by atoms with Crippen molar-refractivity contribution < 1.29 is 4.79 Å². The number of benzene rings is 1. The van der Waals surface area contributed by atoms with E-state index in [2.05, 4.69) is 32.3 Å².